The van der Waals surface area contributed by atoms with Crippen LogP contribution in [0.3, 0.4) is 0 Å². The Bertz CT molecular complexity index is 588. The summed E-state index contributed by atoms with van der Waals surface area (Å²) in [4.78, 5) is 15.9. The molecule has 3 rings (SSSR count). The molecule has 0 unspecified atom stereocenters. The van der Waals surface area contributed by atoms with Crippen LogP contribution in [-0.2, 0) is 11.3 Å². The number of nitrogens with one attached hydrogen (secondary N) is 2. The second kappa shape index (κ2) is 6.05. The zero-order valence-corrected chi connectivity index (χ0v) is 11.5. The smallest absolute Gasteiger partial charge is 0.233 e. The Morgan fingerprint density at radius 3 is 3.05 bits per heavy atom. The standard InChI is InChI=1S/C15H20N4O/c20-15(10-17-12-6-7-12)16-8-3-9-19-11-18-13-4-1-2-5-14(13)19/h1-2,4-5,11-12,17H,3,6-10H2,(H,16,20). The van der Waals surface area contributed by atoms with Gasteiger partial charge in [-0.1, -0.05) is 12.1 Å². The molecule has 0 radical (unpaired) electrons. The molecule has 1 aromatic carbocycles. The normalized spacial score (nSPS) is 14.6. The number of fused-ring (bicyclic) bond motifs is 1. The van der Waals surface area contributed by atoms with Crippen LogP contribution < -0.4 is 10.6 Å². The number of hydrogen-bond acceptors (Lipinski definition) is 3. The van der Waals surface area contributed by atoms with E-state index < -0.39 is 0 Å². The lowest BCUT2D eigenvalue weighted by Gasteiger charge is -2.07. The van der Waals surface area contributed by atoms with E-state index in [0.717, 1.165) is 24.0 Å². The Labute approximate surface area is 118 Å². The van der Waals surface area contributed by atoms with Crippen LogP contribution >= 0.6 is 0 Å². The number of nitrogens with zero attached hydrogens (tertiary/aromatic N) is 2. The van der Waals surface area contributed by atoms with Gasteiger partial charge in [0.15, 0.2) is 0 Å². The highest BCUT2D eigenvalue weighted by atomic mass is 16.1. The zero-order chi connectivity index (χ0) is 13.8. The highest BCUT2D eigenvalue weighted by molar-refractivity contribution is 5.78. The van der Waals surface area contributed by atoms with E-state index in [-0.39, 0.29) is 5.91 Å². The molecule has 1 amide bonds. The number of benzene rings is 1. The Hall–Kier alpha value is -1.88. The number of amides is 1. The summed E-state index contributed by atoms with van der Waals surface area (Å²) in [5.74, 6) is 0.0902. The van der Waals surface area contributed by atoms with Gasteiger partial charge in [-0.2, -0.15) is 0 Å². The zero-order valence-electron chi connectivity index (χ0n) is 11.5. The van der Waals surface area contributed by atoms with Gasteiger partial charge in [-0.25, -0.2) is 4.98 Å². The fourth-order valence-corrected chi connectivity index (χ4v) is 2.25. The van der Waals surface area contributed by atoms with Crippen LogP contribution in [0, 0.1) is 0 Å². The maximum absolute atomic E-state index is 11.6. The van der Waals surface area contributed by atoms with E-state index in [4.69, 9.17) is 0 Å². The van der Waals surface area contributed by atoms with Crippen molar-refractivity contribution in [1.82, 2.24) is 20.2 Å². The molecule has 0 spiro atoms. The first kappa shape index (κ1) is 13.1. The Balaban J connectivity index is 1.39. The van der Waals surface area contributed by atoms with Crippen LogP contribution in [0.4, 0.5) is 0 Å². The SMILES string of the molecule is O=C(CNC1CC1)NCCCn1cnc2ccccc21. The van der Waals surface area contributed by atoms with Crippen LogP contribution in [0.5, 0.6) is 0 Å². The number of rotatable bonds is 7. The third-order valence-electron chi connectivity index (χ3n) is 3.55. The predicted molar refractivity (Wildman–Crippen MR) is 78.4 cm³/mol. The lowest BCUT2D eigenvalue weighted by molar-refractivity contribution is -0.120. The van der Waals surface area contributed by atoms with Gasteiger partial charge >= 0.3 is 0 Å². The number of hydrogen-bond donors (Lipinski definition) is 2. The molecule has 0 bridgehead atoms. The average Bonchev–Trinajstić information content (AvgIpc) is 3.21. The summed E-state index contributed by atoms with van der Waals surface area (Å²) < 4.78 is 2.13. The Kier molecular flexibility index (Phi) is 3.97. The van der Waals surface area contributed by atoms with E-state index in [2.05, 4.69) is 26.3 Å². The highest BCUT2D eigenvalue weighted by Crippen LogP contribution is 2.17. The molecule has 0 saturated heterocycles. The number of imidazole rings is 1. The number of aryl methyl sites for hydroxylation is 1. The fraction of sp³-hybridized carbons (Fsp3) is 0.467. The summed E-state index contributed by atoms with van der Waals surface area (Å²) in [6.45, 7) is 2.02. The number of aromatic nitrogens is 2. The van der Waals surface area contributed by atoms with Crippen molar-refractivity contribution >= 4 is 16.9 Å². The second-order valence-electron chi connectivity index (χ2n) is 5.29. The van der Waals surface area contributed by atoms with Crippen LogP contribution in [0.2, 0.25) is 0 Å². The predicted octanol–water partition coefficient (Wildman–Crippen LogP) is 1.29. The molecule has 2 N–H and O–H groups in total. The summed E-state index contributed by atoms with van der Waals surface area (Å²) in [7, 11) is 0. The van der Waals surface area contributed by atoms with Gasteiger partial charge in [0.2, 0.25) is 5.91 Å². The van der Waals surface area contributed by atoms with Crippen molar-refractivity contribution in [1.29, 1.82) is 0 Å². The molecule has 1 aliphatic rings. The minimum Gasteiger partial charge on any atom is -0.355 e. The van der Waals surface area contributed by atoms with Crippen LogP contribution in [-0.4, -0.2) is 34.6 Å². The van der Waals surface area contributed by atoms with Gasteiger partial charge in [-0.3, -0.25) is 4.79 Å². The molecule has 5 nitrogen and oxygen atoms in total. The summed E-state index contributed by atoms with van der Waals surface area (Å²) in [6.07, 6.45) is 5.19. The minimum absolute atomic E-state index is 0.0902. The maximum atomic E-state index is 11.6. The van der Waals surface area contributed by atoms with Crippen molar-refractivity contribution < 1.29 is 4.79 Å². The third kappa shape index (κ3) is 3.36. The molecule has 1 heterocycles. The molecule has 0 aliphatic heterocycles. The summed E-state index contributed by atoms with van der Waals surface area (Å²) in [6, 6.07) is 8.68. The van der Waals surface area contributed by atoms with Crippen LogP contribution in [0.1, 0.15) is 19.3 Å². The van der Waals surface area contributed by atoms with Crippen molar-refractivity contribution in [3.05, 3.63) is 30.6 Å². The van der Waals surface area contributed by atoms with Gasteiger partial charge < -0.3 is 15.2 Å². The van der Waals surface area contributed by atoms with Gasteiger partial charge in [0, 0.05) is 19.1 Å². The first-order valence-corrected chi connectivity index (χ1v) is 7.23. The van der Waals surface area contributed by atoms with Crippen LogP contribution in [0.25, 0.3) is 11.0 Å². The van der Waals surface area contributed by atoms with E-state index in [1.807, 2.05) is 24.5 Å². The van der Waals surface area contributed by atoms with Crippen molar-refractivity contribution in [3.63, 3.8) is 0 Å². The first-order chi connectivity index (χ1) is 9.83. The molecule has 0 atom stereocenters. The molecule has 1 saturated carbocycles. The Morgan fingerprint density at radius 2 is 2.20 bits per heavy atom. The van der Waals surface area contributed by atoms with Gasteiger partial charge in [0.25, 0.3) is 0 Å². The largest absolute Gasteiger partial charge is 0.355 e. The van der Waals surface area contributed by atoms with Crippen molar-refractivity contribution in [3.8, 4) is 0 Å². The fourth-order valence-electron chi connectivity index (χ4n) is 2.25. The van der Waals surface area contributed by atoms with E-state index in [1.165, 1.54) is 12.8 Å². The molecule has 20 heavy (non-hydrogen) atoms. The third-order valence-corrected chi connectivity index (χ3v) is 3.55. The quantitative estimate of drug-likeness (QED) is 0.747. The van der Waals surface area contributed by atoms with Gasteiger partial charge in [-0.15, -0.1) is 0 Å². The maximum Gasteiger partial charge on any atom is 0.233 e. The van der Waals surface area contributed by atoms with E-state index in [0.29, 0.717) is 19.1 Å². The Morgan fingerprint density at radius 1 is 1.35 bits per heavy atom. The van der Waals surface area contributed by atoms with Crippen molar-refractivity contribution in [2.24, 2.45) is 0 Å². The average molecular weight is 272 g/mol. The molecule has 106 valence electrons. The number of carbonyl (C=O) groups excluding carboxylic acids is 1. The van der Waals surface area contributed by atoms with Crippen LogP contribution in [0.15, 0.2) is 30.6 Å². The van der Waals surface area contributed by atoms with E-state index in [9.17, 15) is 4.79 Å². The lowest BCUT2D eigenvalue weighted by Crippen LogP contribution is -2.35. The molecular formula is C15H20N4O. The molecule has 1 aromatic heterocycles. The summed E-state index contributed by atoms with van der Waals surface area (Å²) in [5, 5.41) is 6.15. The molecular weight excluding hydrogens is 252 g/mol. The van der Waals surface area contributed by atoms with Crippen molar-refractivity contribution in [2.75, 3.05) is 13.1 Å². The monoisotopic (exact) mass is 272 g/mol. The summed E-state index contributed by atoms with van der Waals surface area (Å²) >= 11 is 0. The molecule has 1 aliphatic carbocycles. The summed E-state index contributed by atoms with van der Waals surface area (Å²) in [5.41, 5.74) is 2.17. The molecule has 2 aromatic rings. The number of para-hydroxylation sites is 2. The molecule has 5 heteroatoms. The van der Waals surface area contributed by atoms with Gasteiger partial charge in [0.05, 0.1) is 23.9 Å². The molecule has 1 fully saturated rings. The number of carbonyl (C=O) groups is 1. The highest BCUT2D eigenvalue weighted by Gasteiger charge is 2.20. The van der Waals surface area contributed by atoms with Gasteiger partial charge in [-0.05, 0) is 31.4 Å². The topological polar surface area (TPSA) is 59.0 Å². The second-order valence-corrected chi connectivity index (χ2v) is 5.29. The lowest BCUT2D eigenvalue weighted by atomic mass is 10.3. The van der Waals surface area contributed by atoms with E-state index in [1.54, 1.807) is 0 Å². The first-order valence-electron chi connectivity index (χ1n) is 7.23. The van der Waals surface area contributed by atoms with E-state index >= 15 is 0 Å². The minimum atomic E-state index is 0.0902. The van der Waals surface area contributed by atoms with Crippen molar-refractivity contribution in [2.45, 2.75) is 31.8 Å². The van der Waals surface area contributed by atoms with Gasteiger partial charge in [0.1, 0.15) is 0 Å².